The molecule has 1 saturated carbocycles. The number of carbonyl (C=O) groups is 2. The Morgan fingerprint density at radius 3 is 2.43 bits per heavy atom. The lowest BCUT2D eigenvalue weighted by molar-refractivity contribution is -0.139. The van der Waals surface area contributed by atoms with Crippen LogP contribution in [0.4, 0.5) is 4.79 Å². The Morgan fingerprint density at radius 2 is 1.89 bits per heavy atom. The smallest absolute Gasteiger partial charge is 0.317 e. The maximum absolute atomic E-state index is 12.5. The molecule has 0 aliphatic heterocycles. The summed E-state index contributed by atoms with van der Waals surface area (Å²) in [5.41, 5.74) is 2.41. The lowest BCUT2D eigenvalue weighted by atomic mass is 9.85. The van der Waals surface area contributed by atoms with Gasteiger partial charge in [-0.2, -0.15) is 0 Å². The fourth-order valence-corrected chi connectivity index (χ4v) is 4.10. The topological polar surface area (TPSA) is 84.9 Å². The van der Waals surface area contributed by atoms with Crippen molar-refractivity contribution < 1.29 is 14.7 Å². The van der Waals surface area contributed by atoms with Gasteiger partial charge in [0, 0.05) is 18.1 Å². The van der Waals surface area contributed by atoms with Gasteiger partial charge in [0.2, 0.25) is 0 Å². The Balaban J connectivity index is 1.87. The molecule has 7 nitrogen and oxygen atoms in total. The Bertz CT molecular complexity index is 673. The number of nitrogens with one attached hydrogen (secondary N) is 2. The van der Waals surface area contributed by atoms with Crippen molar-refractivity contribution >= 4 is 12.0 Å². The standard InChI is InChI=1S/C21H34N4O3/c1-6-25(13-19(26)27)17-11-16(12-17)23-21(28)22-15(3)20(24(4)5)18-10-8-7-9-14(18)2/h7-10,15-17,20H,6,11-13H2,1-5H3,(H,26,27)(H2,22,23,28). The molecule has 1 aromatic rings. The summed E-state index contributed by atoms with van der Waals surface area (Å²) in [6.45, 7) is 6.83. The highest BCUT2D eigenvalue weighted by Gasteiger charge is 2.35. The third-order valence-electron chi connectivity index (χ3n) is 5.61. The second-order valence-electron chi connectivity index (χ2n) is 7.95. The number of urea groups is 1. The van der Waals surface area contributed by atoms with E-state index < -0.39 is 5.97 Å². The van der Waals surface area contributed by atoms with Gasteiger partial charge in [-0.25, -0.2) is 4.79 Å². The van der Waals surface area contributed by atoms with Gasteiger partial charge in [-0.05, 0) is 58.5 Å². The minimum Gasteiger partial charge on any atom is -0.480 e. The maximum atomic E-state index is 12.5. The van der Waals surface area contributed by atoms with Crippen molar-refractivity contribution in [2.24, 2.45) is 0 Å². The highest BCUT2D eigenvalue weighted by molar-refractivity contribution is 5.75. The Morgan fingerprint density at radius 1 is 1.25 bits per heavy atom. The van der Waals surface area contributed by atoms with Gasteiger partial charge in [0.05, 0.1) is 12.6 Å². The van der Waals surface area contributed by atoms with E-state index in [1.807, 2.05) is 45.0 Å². The maximum Gasteiger partial charge on any atom is 0.317 e. The summed E-state index contributed by atoms with van der Waals surface area (Å²) in [7, 11) is 4.04. The number of amides is 2. The molecule has 1 fully saturated rings. The van der Waals surface area contributed by atoms with E-state index >= 15 is 0 Å². The van der Waals surface area contributed by atoms with Crippen LogP contribution in [0.3, 0.4) is 0 Å². The number of carboxylic acids is 1. The molecule has 156 valence electrons. The highest BCUT2D eigenvalue weighted by atomic mass is 16.4. The first kappa shape index (κ1) is 22.2. The number of likely N-dealkylation sites (N-methyl/N-ethyl adjacent to an activating group) is 2. The van der Waals surface area contributed by atoms with Gasteiger partial charge in [-0.3, -0.25) is 9.69 Å². The Labute approximate surface area is 168 Å². The van der Waals surface area contributed by atoms with Crippen molar-refractivity contribution in [1.82, 2.24) is 20.4 Å². The van der Waals surface area contributed by atoms with Gasteiger partial charge >= 0.3 is 12.0 Å². The normalized spacial score (nSPS) is 21.1. The van der Waals surface area contributed by atoms with Crippen LogP contribution in [0, 0.1) is 6.92 Å². The van der Waals surface area contributed by atoms with E-state index in [4.69, 9.17) is 5.11 Å². The second-order valence-corrected chi connectivity index (χ2v) is 7.95. The summed E-state index contributed by atoms with van der Waals surface area (Å²) < 4.78 is 0. The number of nitrogens with zero attached hydrogens (tertiary/aromatic N) is 2. The first-order valence-corrected chi connectivity index (χ1v) is 9.97. The molecule has 1 aliphatic rings. The summed E-state index contributed by atoms with van der Waals surface area (Å²) >= 11 is 0. The number of hydrogen-bond donors (Lipinski definition) is 3. The lowest BCUT2D eigenvalue weighted by Gasteiger charge is -2.42. The van der Waals surface area contributed by atoms with Crippen LogP contribution in [-0.2, 0) is 4.79 Å². The molecular formula is C21H34N4O3. The first-order valence-electron chi connectivity index (χ1n) is 9.97. The largest absolute Gasteiger partial charge is 0.480 e. The second kappa shape index (κ2) is 9.89. The van der Waals surface area contributed by atoms with Gasteiger partial charge in [-0.15, -0.1) is 0 Å². The summed E-state index contributed by atoms with van der Waals surface area (Å²) in [5.74, 6) is -0.809. The minimum absolute atomic E-state index is 0.0536. The van der Waals surface area contributed by atoms with E-state index in [1.165, 1.54) is 11.1 Å². The summed E-state index contributed by atoms with van der Waals surface area (Å²) in [6.07, 6.45) is 1.58. The van der Waals surface area contributed by atoms with E-state index in [2.05, 4.69) is 34.6 Å². The average Bonchev–Trinajstić information content (AvgIpc) is 2.57. The van der Waals surface area contributed by atoms with Crippen molar-refractivity contribution in [2.75, 3.05) is 27.2 Å². The Hall–Kier alpha value is -2.12. The number of carbonyl (C=O) groups excluding carboxylic acids is 1. The molecule has 0 radical (unpaired) electrons. The third kappa shape index (κ3) is 5.69. The van der Waals surface area contributed by atoms with E-state index in [0.717, 1.165) is 12.8 Å². The zero-order chi connectivity index (χ0) is 20.8. The van der Waals surface area contributed by atoms with Crippen LogP contribution in [0.25, 0.3) is 0 Å². The number of carboxylic acid groups (broad SMARTS) is 1. The monoisotopic (exact) mass is 390 g/mol. The average molecular weight is 391 g/mol. The zero-order valence-electron chi connectivity index (χ0n) is 17.6. The van der Waals surface area contributed by atoms with E-state index in [-0.39, 0.29) is 36.7 Å². The van der Waals surface area contributed by atoms with Crippen LogP contribution < -0.4 is 10.6 Å². The molecule has 3 N–H and O–H groups in total. The van der Waals surface area contributed by atoms with Crippen molar-refractivity contribution in [3.8, 4) is 0 Å². The molecule has 2 atom stereocenters. The SMILES string of the molecule is CCN(CC(=O)O)C1CC(NC(=O)NC(C)C(c2ccccc2C)N(C)C)C1. The van der Waals surface area contributed by atoms with Crippen LogP contribution >= 0.6 is 0 Å². The molecule has 28 heavy (non-hydrogen) atoms. The van der Waals surface area contributed by atoms with Crippen molar-refractivity contribution in [3.63, 3.8) is 0 Å². The molecular weight excluding hydrogens is 356 g/mol. The van der Waals surface area contributed by atoms with E-state index in [0.29, 0.717) is 6.54 Å². The number of aliphatic carboxylic acids is 1. The highest BCUT2D eigenvalue weighted by Crippen LogP contribution is 2.27. The Kier molecular flexibility index (Phi) is 7.83. The van der Waals surface area contributed by atoms with Gasteiger partial charge in [0.15, 0.2) is 0 Å². The zero-order valence-corrected chi connectivity index (χ0v) is 17.6. The molecule has 2 amide bonds. The predicted octanol–water partition coefficient (Wildman–Crippen LogP) is 2.22. The van der Waals surface area contributed by atoms with Gasteiger partial charge in [0.1, 0.15) is 0 Å². The molecule has 2 rings (SSSR count). The predicted molar refractivity (Wildman–Crippen MR) is 110 cm³/mol. The van der Waals surface area contributed by atoms with Crippen molar-refractivity contribution in [2.45, 2.75) is 57.8 Å². The van der Waals surface area contributed by atoms with Gasteiger partial charge in [0.25, 0.3) is 0 Å². The molecule has 0 heterocycles. The van der Waals surface area contributed by atoms with Gasteiger partial charge in [-0.1, -0.05) is 31.2 Å². The molecule has 1 aliphatic carbocycles. The molecule has 0 aromatic heterocycles. The van der Waals surface area contributed by atoms with Gasteiger partial charge < -0.3 is 20.6 Å². The quantitative estimate of drug-likeness (QED) is 0.602. The van der Waals surface area contributed by atoms with Crippen molar-refractivity contribution in [3.05, 3.63) is 35.4 Å². The third-order valence-corrected chi connectivity index (χ3v) is 5.61. The van der Waals surface area contributed by atoms with Crippen LogP contribution in [-0.4, -0.2) is 72.2 Å². The lowest BCUT2D eigenvalue weighted by Crippen LogP contribution is -2.57. The van der Waals surface area contributed by atoms with E-state index in [9.17, 15) is 9.59 Å². The van der Waals surface area contributed by atoms with Crippen molar-refractivity contribution in [1.29, 1.82) is 0 Å². The molecule has 2 unspecified atom stereocenters. The van der Waals surface area contributed by atoms with Crippen LogP contribution in [0.2, 0.25) is 0 Å². The minimum atomic E-state index is -0.809. The van der Waals surface area contributed by atoms with Crippen LogP contribution in [0.5, 0.6) is 0 Å². The number of aryl methyl sites for hydroxylation is 1. The number of benzene rings is 1. The molecule has 1 aromatic carbocycles. The molecule has 0 spiro atoms. The number of rotatable bonds is 9. The summed E-state index contributed by atoms with van der Waals surface area (Å²) in [6, 6.07) is 8.40. The van der Waals surface area contributed by atoms with Crippen LogP contribution in [0.1, 0.15) is 43.9 Å². The summed E-state index contributed by atoms with van der Waals surface area (Å²) in [5, 5.41) is 15.1. The number of hydrogen-bond acceptors (Lipinski definition) is 4. The first-order chi connectivity index (χ1) is 13.2. The van der Waals surface area contributed by atoms with E-state index in [1.54, 1.807) is 0 Å². The fraction of sp³-hybridized carbons (Fsp3) is 0.619. The van der Waals surface area contributed by atoms with Crippen LogP contribution in [0.15, 0.2) is 24.3 Å². The molecule has 7 heteroatoms. The molecule has 0 bridgehead atoms. The molecule has 0 saturated heterocycles. The summed E-state index contributed by atoms with van der Waals surface area (Å²) in [4.78, 5) is 27.5. The fourth-order valence-electron chi connectivity index (χ4n) is 4.10.